The van der Waals surface area contributed by atoms with Gasteiger partial charge in [-0.25, -0.2) is 4.79 Å². The highest BCUT2D eigenvalue weighted by atomic mass is 32.2. The second kappa shape index (κ2) is 8.25. The lowest BCUT2D eigenvalue weighted by Gasteiger charge is -2.33. The van der Waals surface area contributed by atoms with E-state index in [1.807, 2.05) is 62.4 Å². The van der Waals surface area contributed by atoms with Crippen molar-refractivity contribution >= 4 is 22.8 Å². The molecule has 0 aromatic heterocycles. The number of aryl methyl sites for hydroxylation is 2. The van der Waals surface area contributed by atoms with Crippen LogP contribution in [0.15, 0.2) is 87.5 Å². The Bertz CT molecular complexity index is 1240. The van der Waals surface area contributed by atoms with Crippen LogP contribution in [0.3, 0.4) is 0 Å². The summed E-state index contributed by atoms with van der Waals surface area (Å²) in [7, 11) is -0.334. The van der Waals surface area contributed by atoms with E-state index in [2.05, 4.69) is 24.3 Å². The summed E-state index contributed by atoms with van der Waals surface area (Å²) in [5.74, 6) is -0.837. The van der Waals surface area contributed by atoms with Crippen molar-refractivity contribution in [1.82, 2.24) is 0 Å². The van der Waals surface area contributed by atoms with Crippen molar-refractivity contribution in [2.45, 2.75) is 66.4 Å². The first-order valence-corrected chi connectivity index (χ1v) is 13.0. The standard InChI is InChI=1S/C29H29O5S/c1-19-17-23(35(21-11-7-5-8-12-21)22-13-9-6-10-14-22)18-20(2)24(19)33-26(31)29-16-15-27(3,25(30)34-29)28(29,4)32/h5-14,17-18,32H,15-16H2,1-4H3/q+1. The topological polar surface area (TPSA) is 72.8 Å². The monoisotopic (exact) mass is 489 g/mol. The highest BCUT2D eigenvalue weighted by Gasteiger charge is 2.78. The second-order valence-electron chi connectivity index (χ2n) is 9.83. The molecule has 3 aromatic rings. The number of rotatable bonds is 5. The van der Waals surface area contributed by atoms with Crippen molar-refractivity contribution in [3.8, 4) is 5.75 Å². The van der Waals surface area contributed by atoms with E-state index in [-0.39, 0.29) is 17.3 Å². The quantitative estimate of drug-likeness (QED) is 0.305. The molecular weight excluding hydrogens is 460 g/mol. The molecule has 3 unspecified atom stereocenters. The van der Waals surface area contributed by atoms with Gasteiger partial charge in [-0.2, -0.15) is 0 Å². The zero-order chi connectivity index (χ0) is 25.0. The van der Waals surface area contributed by atoms with Crippen LogP contribution in [0, 0.1) is 19.3 Å². The third kappa shape index (κ3) is 3.42. The molecule has 1 heterocycles. The number of esters is 2. The highest BCUT2D eigenvalue weighted by Crippen LogP contribution is 2.60. The summed E-state index contributed by atoms with van der Waals surface area (Å²) in [5.41, 5.74) is -2.82. The van der Waals surface area contributed by atoms with Crippen molar-refractivity contribution < 1.29 is 24.2 Å². The van der Waals surface area contributed by atoms with Crippen LogP contribution < -0.4 is 4.74 Å². The first-order valence-electron chi connectivity index (χ1n) is 11.7. The Morgan fingerprint density at radius 2 is 1.40 bits per heavy atom. The van der Waals surface area contributed by atoms with Gasteiger partial charge in [-0.15, -0.1) is 0 Å². The van der Waals surface area contributed by atoms with Crippen LogP contribution in [-0.4, -0.2) is 28.2 Å². The van der Waals surface area contributed by atoms with Gasteiger partial charge in [0.25, 0.3) is 0 Å². The Morgan fingerprint density at radius 1 is 0.886 bits per heavy atom. The molecule has 1 aliphatic carbocycles. The maximum atomic E-state index is 13.4. The maximum absolute atomic E-state index is 13.4. The average molecular weight is 490 g/mol. The largest absolute Gasteiger partial charge is 0.443 e. The number of carbonyl (C=O) groups excluding carboxylic acids is 2. The third-order valence-corrected chi connectivity index (χ3v) is 9.90. The number of hydrogen-bond acceptors (Lipinski definition) is 5. The summed E-state index contributed by atoms with van der Waals surface area (Å²) in [6.45, 7) is 6.97. The second-order valence-corrected chi connectivity index (χ2v) is 11.9. The number of benzene rings is 3. The lowest BCUT2D eigenvalue weighted by Crippen LogP contribution is -2.56. The van der Waals surface area contributed by atoms with E-state index in [9.17, 15) is 14.7 Å². The van der Waals surface area contributed by atoms with E-state index < -0.39 is 28.6 Å². The van der Waals surface area contributed by atoms with Gasteiger partial charge in [0.05, 0.1) is 16.3 Å². The molecule has 0 spiro atoms. The summed E-state index contributed by atoms with van der Waals surface area (Å²) >= 11 is 0. The molecule has 35 heavy (non-hydrogen) atoms. The van der Waals surface area contributed by atoms with Crippen molar-refractivity contribution in [2.75, 3.05) is 0 Å². The summed E-state index contributed by atoms with van der Waals surface area (Å²) < 4.78 is 11.4. The number of carbonyl (C=O) groups is 2. The SMILES string of the molecule is Cc1cc([S+](c2ccccc2)c2ccccc2)cc(C)c1OC(=O)C12CCC(C)(C(=O)O1)C2(C)O. The molecule has 5 nitrogen and oxygen atoms in total. The molecule has 3 aromatic carbocycles. The minimum atomic E-state index is -1.69. The number of hydrogen-bond donors (Lipinski definition) is 1. The third-order valence-electron chi connectivity index (χ3n) is 7.71. The van der Waals surface area contributed by atoms with E-state index in [1.54, 1.807) is 6.92 Å². The predicted molar refractivity (Wildman–Crippen MR) is 133 cm³/mol. The lowest BCUT2D eigenvalue weighted by atomic mass is 9.75. The summed E-state index contributed by atoms with van der Waals surface area (Å²) in [6.07, 6.45) is 0.616. The summed E-state index contributed by atoms with van der Waals surface area (Å²) in [4.78, 5) is 29.4. The molecule has 6 heteroatoms. The van der Waals surface area contributed by atoms with E-state index in [0.717, 1.165) is 16.0 Å². The molecular formula is C29H29O5S+. The van der Waals surface area contributed by atoms with E-state index in [4.69, 9.17) is 9.47 Å². The van der Waals surface area contributed by atoms with E-state index in [0.29, 0.717) is 12.2 Å². The van der Waals surface area contributed by atoms with Crippen molar-refractivity contribution in [3.63, 3.8) is 0 Å². The number of aliphatic hydroxyl groups is 1. The zero-order valence-corrected chi connectivity index (χ0v) is 21.1. The van der Waals surface area contributed by atoms with Crippen LogP contribution in [0.25, 0.3) is 0 Å². The van der Waals surface area contributed by atoms with Gasteiger partial charge in [0.1, 0.15) is 11.4 Å². The van der Waals surface area contributed by atoms with Gasteiger partial charge >= 0.3 is 11.9 Å². The van der Waals surface area contributed by atoms with Crippen molar-refractivity contribution in [1.29, 1.82) is 0 Å². The van der Waals surface area contributed by atoms with E-state index >= 15 is 0 Å². The van der Waals surface area contributed by atoms with Crippen LogP contribution >= 0.6 is 0 Å². The fraction of sp³-hybridized carbons (Fsp3) is 0.310. The lowest BCUT2D eigenvalue weighted by molar-refractivity contribution is -0.181. The molecule has 3 atom stereocenters. The molecule has 2 aliphatic rings. The molecule has 2 bridgehead atoms. The van der Waals surface area contributed by atoms with Gasteiger partial charge < -0.3 is 14.6 Å². The van der Waals surface area contributed by atoms with Gasteiger partial charge in [-0.05, 0) is 69.5 Å². The molecule has 2 fully saturated rings. The van der Waals surface area contributed by atoms with Gasteiger partial charge in [0.15, 0.2) is 14.7 Å². The average Bonchev–Trinajstić information content (AvgIpc) is 3.13. The van der Waals surface area contributed by atoms with Crippen LogP contribution in [0.2, 0.25) is 0 Å². The normalized spacial score (nSPS) is 27.2. The van der Waals surface area contributed by atoms with Gasteiger partial charge in [0.2, 0.25) is 5.60 Å². The van der Waals surface area contributed by atoms with Crippen LogP contribution in [0.1, 0.15) is 37.8 Å². The molecule has 0 radical (unpaired) electrons. The van der Waals surface area contributed by atoms with Gasteiger partial charge in [0, 0.05) is 18.6 Å². The zero-order valence-electron chi connectivity index (χ0n) is 20.3. The van der Waals surface area contributed by atoms with Crippen LogP contribution in [0.5, 0.6) is 5.75 Å². The van der Waals surface area contributed by atoms with Crippen LogP contribution in [0.4, 0.5) is 0 Å². The molecule has 1 saturated heterocycles. The van der Waals surface area contributed by atoms with Crippen molar-refractivity contribution in [2.24, 2.45) is 5.41 Å². The molecule has 1 N–H and O–H groups in total. The Kier molecular flexibility index (Phi) is 5.57. The van der Waals surface area contributed by atoms with Gasteiger partial charge in [-0.1, -0.05) is 36.4 Å². The minimum absolute atomic E-state index is 0.239. The molecule has 1 aliphatic heterocycles. The molecule has 180 valence electrons. The fourth-order valence-electron chi connectivity index (χ4n) is 5.31. The maximum Gasteiger partial charge on any atom is 0.359 e. The molecule has 5 rings (SSSR count). The smallest absolute Gasteiger partial charge is 0.359 e. The first kappa shape index (κ1) is 23.6. The first-order chi connectivity index (χ1) is 16.6. The Hall–Kier alpha value is -3.09. The fourth-order valence-corrected chi connectivity index (χ4v) is 7.57. The van der Waals surface area contributed by atoms with Crippen molar-refractivity contribution in [3.05, 3.63) is 83.9 Å². The Morgan fingerprint density at radius 3 is 1.83 bits per heavy atom. The Balaban J connectivity index is 1.51. The highest BCUT2D eigenvalue weighted by molar-refractivity contribution is 7.97. The van der Waals surface area contributed by atoms with E-state index in [1.165, 1.54) is 16.7 Å². The Labute approximate surface area is 208 Å². The molecule has 1 saturated carbocycles. The number of fused-ring (bicyclic) bond motifs is 2. The van der Waals surface area contributed by atoms with Crippen LogP contribution in [-0.2, 0) is 25.2 Å². The summed E-state index contributed by atoms with van der Waals surface area (Å²) in [6, 6.07) is 24.8. The summed E-state index contributed by atoms with van der Waals surface area (Å²) in [5, 5.41) is 11.2. The predicted octanol–water partition coefficient (Wildman–Crippen LogP) is 5.15. The minimum Gasteiger partial charge on any atom is -0.443 e. The number of ether oxygens (including phenoxy) is 2. The van der Waals surface area contributed by atoms with Gasteiger partial charge in [-0.3, -0.25) is 4.79 Å². The molecule has 0 amide bonds.